The van der Waals surface area contributed by atoms with Crippen LogP contribution in [0.3, 0.4) is 0 Å². The average Bonchev–Trinajstić information content (AvgIpc) is 2.63. The van der Waals surface area contributed by atoms with Crippen LogP contribution in [0.1, 0.15) is 135 Å². The van der Waals surface area contributed by atoms with Crippen LogP contribution in [-0.4, -0.2) is 0 Å². The van der Waals surface area contributed by atoms with Crippen LogP contribution in [0.5, 0.6) is 0 Å². The molecule has 0 spiro atoms. The molecule has 2 radical (unpaired) electrons. The first-order chi connectivity index (χ1) is 12.4. The molecule has 0 fully saturated rings. The minimum absolute atomic E-state index is 1.11. The predicted octanol–water partition coefficient (Wildman–Crippen LogP) is 9.40. The minimum atomic E-state index is 1.11. The molecule has 0 unspecified atom stereocenters. The zero-order valence-electron chi connectivity index (χ0n) is 17.4. The van der Waals surface area contributed by atoms with Gasteiger partial charge in [0.15, 0.2) is 0 Å². The summed E-state index contributed by atoms with van der Waals surface area (Å²) in [5.74, 6) is 0. The second-order valence-electron chi connectivity index (χ2n) is 7.77. The third-order valence-electron chi connectivity index (χ3n) is 5.16. The van der Waals surface area contributed by atoms with Crippen molar-refractivity contribution in [3.05, 3.63) is 26.0 Å². The molecule has 148 valence electrons. The Bertz CT molecular complexity index is 240. The summed E-state index contributed by atoms with van der Waals surface area (Å²) >= 11 is 0. The maximum Gasteiger partial charge on any atom is -0.0351 e. The van der Waals surface area contributed by atoms with Gasteiger partial charge in [0.25, 0.3) is 0 Å². The fourth-order valence-electron chi connectivity index (χ4n) is 3.41. The number of hydrogen-bond donors (Lipinski definition) is 0. The third-order valence-corrected chi connectivity index (χ3v) is 5.16. The molecule has 0 nitrogen and oxygen atoms in total. The van der Waals surface area contributed by atoms with E-state index in [1.165, 1.54) is 122 Å². The molecule has 0 atom stereocenters. The molecule has 0 saturated carbocycles. The lowest BCUT2D eigenvalue weighted by Gasteiger charge is -2.02. The highest BCUT2D eigenvalue weighted by molar-refractivity contribution is 4.81. The van der Waals surface area contributed by atoms with Crippen LogP contribution in [0.2, 0.25) is 0 Å². The zero-order valence-corrected chi connectivity index (χ0v) is 17.4. The van der Waals surface area contributed by atoms with Gasteiger partial charge in [0.1, 0.15) is 0 Å². The Hall–Kier alpha value is -0.260. The average molecular weight is 349 g/mol. The monoisotopic (exact) mass is 348 g/mol. The third kappa shape index (κ3) is 23.7. The van der Waals surface area contributed by atoms with Gasteiger partial charge in [-0.15, -0.1) is 0 Å². The molecule has 0 aromatic carbocycles. The molecule has 0 N–H and O–H groups in total. The van der Waals surface area contributed by atoms with E-state index in [0.29, 0.717) is 0 Å². The number of unbranched alkanes of at least 4 members (excludes halogenated alkanes) is 19. The molecule has 0 rings (SSSR count). The van der Waals surface area contributed by atoms with Gasteiger partial charge < -0.3 is 0 Å². The van der Waals surface area contributed by atoms with Crippen molar-refractivity contribution in [2.75, 3.05) is 0 Å². The lowest BCUT2D eigenvalue weighted by molar-refractivity contribution is 0.542. The molecule has 0 heteroatoms. The van der Waals surface area contributed by atoms with Crippen LogP contribution in [0, 0.1) is 13.8 Å². The molecule has 0 amide bonds. The maximum absolute atomic E-state index is 3.90. The van der Waals surface area contributed by atoms with Gasteiger partial charge in [-0.3, -0.25) is 0 Å². The molecule has 0 aliphatic carbocycles. The maximum atomic E-state index is 3.90. The van der Waals surface area contributed by atoms with Crippen molar-refractivity contribution in [2.24, 2.45) is 0 Å². The zero-order chi connectivity index (χ0) is 18.3. The summed E-state index contributed by atoms with van der Waals surface area (Å²) in [5.41, 5.74) is 0. The fraction of sp³-hybridized carbons (Fsp3) is 0.840. The summed E-state index contributed by atoms with van der Waals surface area (Å²) < 4.78 is 0. The van der Waals surface area contributed by atoms with Crippen LogP contribution < -0.4 is 0 Å². The van der Waals surface area contributed by atoms with E-state index < -0.39 is 0 Å². The normalized spacial score (nSPS) is 11.6. The van der Waals surface area contributed by atoms with Gasteiger partial charge in [-0.05, 0) is 25.7 Å². The van der Waals surface area contributed by atoms with Crippen LogP contribution in [-0.2, 0) is 0 Å². The van der Waals surface area contributed by atoms with Crippen molar-refractivity contribution >= 4 is 0 Å². The molecule has 0 heterocycles. The molecule has 0 aromatic rings. The summed E-state index contributed by atoms with van der Waals surface area (Å²) in [6, 6.07) is 0. The fourth-order valence-corrected chi connectivity index (χ4v) is 3.41. The van der Waals surface area contributed by atoms with Gasteiger partial charge in [0.05, 0.1) is 0 Å². The Balaban J connectivity index is 3.03. The second kappa shape index (κ2) is 23.7. The highest BCUT2D eigenvalue weighted by atomic mass is 14.0. The lowest BCUT2D eigenvalue weighted by Crippen LogP contribution is -1.82. The number of allylic oxidation sites excluding steroid dienone is 2. The van der Waals surface area contributed by atoms with Gasteiger partial charge >= 0.3 is 0 Å². The largest absolute Gasteiger partial charge is 0.0885 e. The molecule has 0 bridgehead atoms. The molecular formula is C25H48. The molecule has 25 heavy (non-hydrogen) atoms. The van der Waals surface area contributed by atoms with Gasteiger partial charge in [-0.25, -0.2) is 0 Å². The molecule has 0 aliphatic heterocycles. The minimum Gasteiger partial charge on any atom is -0.0885 e. The summed E-state index contributed by atoms with van der Waals surface area (Å²) in [7, 11) is 0. The summed E-state index contributed by atoms with van der Waals surface area (Å²) in [6.07, 6.45) is 33.7. The standard InChI is InChI=1S/C25H48/c1-3-5-7-9-11-13-15-17-19-21-23-25-24-22-20-18-16-14-12-10-8-6-4-2/h17,19H,1-16,18,20-25H2. The number of hydrogen-bond acceptors (Lipinski definition) is 0. The van der Waals surface area contributed by atoms with Gasteiger partial charge in [0, 0.05) is 0 Å². The first-order valence-corrected chi connectivity index (χ1v) is 11.6. The molecule has 0 aliphatic rings. The summed E-state index contributed by atoms with van der Waals surface area (Å²) in [6.45, 7) is 7.80. The topological polar surface area (TPSA) is 0 Å². The molecule has 0 saturated heterocycles. The first kappa shape index (κ1) is 24.7. The van der Waals surface area contributed by atoms with Gasteiger partial charge in [0.2, 0.25) is 0 Å². The van der Waals surface area contributed by atoms with Crippen molar-refractivity contribution in [3.63, 3.8) is 0 Å². The van der Waals surface area contributed by atoms with Crippen molar-refractivity contribution in [1.82, 2.24) is 0 Å². The highest BCUT2D eigenvalue weighted by Crippen LogP contribution is 2.13. The number of rotatable bonds is 21. The predicted molar refractivity (Wildman–Crippen MR) is 117 cm³/mol. The van der Waals surface area contributed by atoms with Crippen molar-refractivity contribution in [1.29, 1.82) is 0 Å². The quantitative estimate of drug-likeness (QED) is 0.143. The molecule has 0 aromatic heterocycles. The van der Waals surface area contributed by atoms with E-state index in [2.05, 4.69) is 26.0 Å². The van der Waals surface area contributed by atoms with Gasteiger partial charge in [-0.1, -0.05) is 135 Å². The van der Waals surface area contributed by atoms with Crippen molar-refractivity contribution in [3.8, 4) is 0 Å². The summed E-state index contributed by atoms with van der Waals surface area (Å²) in [5, 5.41) is 0. The Morgan fingerprint density at radius 3 is 0.840 bits per heavy atom. The van der Waals surface area contributed by atoms with E-state index in [4.69, 9.17) is 0 Å². The Labute approximate surface area is 161 Å². The van der Waals surface area contributed by atoms with E-state index in [0.717, 1.165) is 12.8 Å². The van der Waals surface area contributed by atoms with Crippen molar-refractivity contribution in [2.45, 2.75) is 135 Å². The Morgan fingerprint density at radius 2 is 0.560 bits per heavy atom. The molecular weight excluding hydrogens is 300 g/mol. The first-order valence-electron chi connectivity index (χ1n) is 11.6. The smallest absolute Gasteiger partial charge is 0.0351 e. The Kier molecular flexibility index (Phi) is 23.5. The second-order valence-corrected chi connectivity index (χ2v) is 7.77. The highest BCUT2D eigenvalue weighted by Gasteiger charge is 1.93. The van der Waals surface area contributed by atoms with E-state index in [-0.39, 0.29) is 0 Å². The van der Waals surface area contributed by atoms with E-state index >= 15 is 0 Å². The van der Waals surface area contributed by atoms with Crippen molar-refractivity contribution < 1.29 is 0 Å². The lowest BCUT2D eigenvalue weighted by atomic mass is 10.0. The van der Waals surface area contributed by atoms with Crippen LogP contribution in [0.15, 0.2) is 12.2 Å². The van der Waals surface area contributed by atoms with E-state index in [1.807, 2.05) is 0 Å². The van der Waals surface area contributed by atoms with Crippen LogP contribution >= 0.6 is 0 Å². The van der Waals surface area contributed by atoms with Crippen LogP contribution in [0.25, 0.3) is 0 Å². The SMILES string of the molecule is [CH2]CCCCCCCC=CCCCCCCCCCCCCCC[CH2]. The van der Waals surface area contributed by atoms with E-state index in [9.17, 15) is 0 Å². The Morgan fingerprint density at radius 1 is 0.320 bits per heavy atom. The van der Waals surface area contributed by atoms with Crippen LogP contribution in [0.4, 0.5) is 0 Å². The van der Waals surface area contributed by atoms with Gasteiger partial charge in [-0.2, -0.15) is 0 Å². The summed E-state index contributed by atoms with van der Waals surface area (Å²) in [4.78, 5) is 0. The van der Waals surface area contributed by atoms with E-state index in [1.54, 1.807) is 0 Å².